The van der Waals surface area contributed by atoms with Crippen LogP contribution in [0, 0.1) is 5.92 Å². The van der Waals surface area contributed by atoms with Crippen molar-refractivity contribution >= 4 is 45.9 Å². The molecule has 0 spiro atoms. The summed E-state index contributed by atoms with van der Waals surface area (Å²) in [4.78, 5) is 41.8. The summed E-state index contributed by atoms with van der Waals surface area (Å²) in [6.07, 6.45) is 0.765. The number of anilines is 1. The summed E-state index contributed by atoms with van der Waals surface area (Å²) < 4.78 is 0. The standard InChI is InChI=1S/C28H32N4O3S/c1-19(18-32-24-8-4-5-9-25(24)36-15-12-26(32)33)27(34)31-23(28(35)30-14-13-29)17-20-10-11-21-6-2-3-7-22(21)16-20/h2-11,16,19,23H,12-15,17-18,29H2,1H3,(H,30,35)(H,31,34)/t19?,23-/m1/s1. The van der Waals surface area contributed by atoms with Gasteiger partial charge in [0.25, 0.3) is 0 Å². The third-order valence-corrected chi connectivity index (χ3v) is 7.33. The maximum atomic E-state index is 13.3. The van der Waals surface area contributed by atoms with Gasteiger partial charge in [-0.2, -0.15) is 0 Å². The van der Waals surface area contributed by atoms with Crippen molar-refractivity contribution in [2.24, 2.45) is 11.7 Å². The average molecular weight is 505 g/mol. The highest BCUT2D eigenvalue weighted by Gasteiger charge is 2.28. The molecule has 36 heavy (non-hydrogen) atoms. The molecule has 0 bridgehead atoms. The van der Waals surface area contributed by atoms with Gasteiger partial charge in [-0.3, -0.25) is 14.4 Å². The molecule has 1 aliphatic heterocycles. The van der Waals surface area contributed by atoms with Crippen molar-refractivity contribution in [1.29, 1.82) is 0 Å². The molecule has 8 heteroatoms. The monoisotopic (exact) mass is 504 g/mol. The van der Waals surface area contributed by atoms with Crippen molar-refractivity contribution < 1.29 is 14.4 Å². The van der Waals surface area contributed by atoms with E-state index in [2.05, 4.69) is 10.6 Å². The van der Waals surface area contributed by atoms with Crippen molar-refractivity contribution in [2.45, 2.75) is 30.7 Å². The Morgan fingerprint density at radius 1 is 1.03 bits per heavy atom. The molecule has 7 nitrogen and oxygen atoms in total. The van der Waals surface area contributed by atoms with E-state index in [0.717, 1.165) is 26.9 Å². The van der Waals surface area contributed by atoms with Gasteiger partial charge in [0, 0.05) is 43.1 Å². The molecule has 188 valence electrons. The molecule has 0 saturated carbocycles. The smallest absolute Gasteiger partial charge is 0.242 e. The van der Waals surface area contributed by atoms with Crippen LogP contribution in [0.4, 0.5) is 5.69 Å². The zero-order valence-corrected chi connectivity index (χ0v) is 21.2. The van der Waals surface area contributed by atoms with Gasteiger partial charge >= 0.3 is 0 Å². The number of hydrogen-bond acceptors (Lipinski definition) is 5. The number of amides is 3. The molecule has 2 atom stereocenters. The molecule has 1 heterocycles. The van der Waals surface area contributed by atoms with Crippen molar-refractivity contribution in [1.82, 2.24) is 10.6 Å². The van der Waals surface area contributed by atoms with Crippen molar-refractivity contribution in [3.63, 3.8) is 0 Å². The number of nitrogens with one attached hydrogen (secondary N) is 2. The van der Waals surface area contributed by atoms with E-state index in [-0.39, 0.29) is 24.3 Å². The van der Waals surface area contributed by atoms with Gasteiger partial charge in [-0.05, 0) is 28.5 Å². The molecule has 4 N–H and O–H groups in total. The number of nitrogens with zero attached hydrogens (tertiary/aromatic N) is 1. The number of thioether (sulfide) groups is 1. The second-order valence-corrected chi connectivity index (χ2v) is 10.1. The van der Waals surface area contributed by atoms with Gasteiger partial charge in [0.05, 0.1) is 11.6 Å². The minimum Gasteiger partial charge on any atom is -0.353 e. The van der Waals surface area contributed by atoms with Gasteiger partial charge in [-0.15, -0.1) is 11.8 Å². The summed E-state index contributed by atoms with van der Waals surface area (Å²) >= 11 is 1.65. The number of rotatable bonds is 9. The van der Waals surface area contributed by atoms with Crippen LogP contribution in [0.15, 0.2) is 71.6 Å². The second-order valence-electron chi connectivity index (χ2n) is 9.00. The molecule has 1 aliphatic rings. The minimum absolute atomic E-state index is 0.000465. The number of benzene rings is 3. The third kappa shape index (κ3) is 6.25. The van der Waals surface area contributed by atoms with E-state index in [1.165, 1.54) is 0 Å². The molecule has 3 amide bonds. The van der Waals surface area contributed by atoms with E-state index < -0.39 is 12.0 Å². The lowest BCUT2D eigenvalue weighted by Crippen LogP contribution is -2.51. The first-order valence-electron chi connectivity index (χ1n) is 12.2. The molecule has 0 saturated heterocycles. The van der Waals surface area contributed by atoms with E-state index in [9.17, 15) is 14.4 Å². The maximum Gasteiger partial charge on any atom is 0.242 e. The molecule has 0 aliphatic carbocycles. The van der Waals surface area contributed by atoms with Crippen LogP contribution in [-0.2, 0) is 20.8 Å². The van der Waals surface area contributed by atoms with Gasteiger partial charge in [-0.1, -0.05) is 61.5 Å². The Bertz CT molecular complexity index is 1250. The lowest BCUT2D eigenvalue weighted by Gasteiger charge is -2.27. The first-order valence-corrected chi connectivity index (χ1v) is 13.2. The highest BCUT2D eigenvalue weighted by molar-refractivity contribution is 7.99. The highest BCUT2D eigenvalue weighted by atomic mass is 32.2. The third-order valence-electron chi connectivity index (χ3n) is 6.26. The number of nitrogens with two attached hydrogens (primary N) is 1. The molecule has 0 aromatic heterocycles. The largest absolute Gasteiger partial charge is 0.353 e. The first kappa shape index (κ1) is 25.7. The summed E-state index contributed by atoms with van der Waals surface area (Å²) in [5.74, 6) is -0.345. The molecule has 1 unspecified atom stereocenters. The SMILES string of the molecule is CC(CN1C(=O)CCSc2ccccc21)C(=O)N[C@H](Cc1ccc2ccccc2c1)C(=O)NCCN. The van der Waals surface area contributed by atoms with E-state index in [0.29, 0.717) is 31.7 Å². The Kier molecular flexibility index (Phi) is 8.61. The maximum absolute atomic E-state index is 13.3. The summed E-state index contributed by atoms with van der Waals surface area (Å²) in [7, 11) is 0. The summed E-state index contributed by atoms with van der Waals surface area (Å²) in [5.41, 5.74) is 7.35. The van der Waals surface area contributed by atoms with Crippen LogP contribution in [0.1, 0.15) is 18.9 Å². The highest BCUT2D eigenvalue weighted by Crippen LogP contribution is 2.34. The summed E-state index contributed by atoms with van der Waals surface area (Å²) in [5, 5.41) is 7.92. The minimum atomic E-state index is -0.754. The van der Waals surface area contributed by atoms with Crippen molar-refractivity contribution in [3.05, 3.63) is 72.3 Å². The van der Waals surface area contributed by atoms with Crippen molar-refractivity contribution in [3.8, 4) is 0 Å². The van der Waals surface area contributed by atoms with Crippen LogP contribution < -0.4 is 21.3 Å². The van der Waals surface area contributed by atoms with Crippen LogP contribution in [0.25, 0.3) is 10.8 Å². The second kappa shape index (κ2) is 12.1. The van der Waals surface area contributed by atoms with Crippen LogP contribution in [0.3, 0.4) is 0 Å². The van der Waals surface area contributed by atoms with Crippen LogP contribution in [0.5, 0.6) is 0 Å². The van der Waals surface area contributed by atoms with E-state index in [1.54, 1.807) is 23.6 Å². The lowest BCUT2D eigenvalue weighted by atomic mass is 10.0. The molecule has 3 aromatic carbocycles. The lowest BCUT2D eigenvalue weighted by molar-refractivity contribution is -0.130. The predicted octanol–water partition coefficient (Wildman–Crippen LogP) is 3.11. The summed E-state index contributed by atoms with van der Waals surface area (Å²) in [6, 6.07) is 21.1. The normalized spacial score (nSPS) is 15.1. The summed E-state index contributed by atoms with van der Waals surface area (Å²) in [6.45, 7) is 2.67. The zero-order valence-electron chi connectivity index (χ0n) is 20.4. The van der Waals surface area contributed by atoms with Gasteiger partial charge in [0.2, 0.25) is 17.7 Å². The molecule has 4 rings (SSSR count). The quantitative estimate of drug-likeness (QED) is 0.415. The first-order chi connectivity index (χ1) is 17.5. The molecular formula is C28H32N4O3S. The number of para-hydroxylation sites is 1. The molecule has 0 fully saturated rings. The molecule has 0 radical (unpaired) electrons. The Balaban J connectivity index is 1.49. The number of carbonyl (C=O) groups is 3. The fraction of sp³-hybridized carbons (Fsp3) is 0.321. The van der Waals surface area contributed by atoms with E-state index >= 15 is 0 Å². The Labute approximate surface area is 215 Å². The van der Waals surface area contributed by atoms with E-state index in [4.69, 9.17) is 5.73 Å². The Hall–Kier alpha value is -3.36. The Morgan fingerprint density at radius 3 is 2.58 bits per heavy atom. The fourth-order valence-electron chi connectivity index (χ4n) is 4.32. The van der Waals surface area contributed by atoms with Gasteiger partial charge in [0.1, 0.15) is 6.04 Å². The van der Waals surface area contributed by atoms with Gasteiger partial charge < -0.3 is 21.3 Å². The van der Waals surface area contributed by atoms with Gasteiger partial charge in [-0.25, -0.2) is 0 Å². The zero-order chi connectivity index (χ0) is 25.5. The van der Waals surface area contributed by atoms with Crippen LogP contribution >= 0.6 is 11.8 Å². The topological polar surface area (TPSA) is 105 Å². The predicted molar refractivity (Wildman–Crippen MR) is 145 cm³/mol. The number of carbonyl (C=O) groups excluding carboxylic acids is 3. The average Bonchev–Trinajstić information content (AvgIpc) is 3.05. The number of hydrogen-bond donors (Lipinski definition) is 3. The molecular weight excluding hydrogens is 472 g/mol. The van der Waals surface area contributed by atoms with Crippen LogP contribution in [0.2, 0.25) is 0 Å². The number of fused-ring (bicyclic) bond motifs is 2. The van der Waals surface area contributed by atoms with Gasteiger partial charge in [0.15, 0.2) is 0 Å². The molecule has 3 aromatic rings. The Morgan fingerprint density at radius 2 is 1.78 bits per heavy atom. The fourth-order valence-corrected chi connectivity index (χ4v) is 5.32. The van der Waals surface area contributed by atoms with Crippen molar-refractivity contribution in [2.75, 3.05) is 30.3 Å². The van der Waals surface area contributed by atoms with Crippen LogP contribution in [-0.4, -0.2) is 49.2 Å². The van der Waals surface area contributed by atoms with E-state index in [1.807, 2.05) is 66.7 Å².